The molecule has 0 saturated carbocycles. The Morgan fingerprint density at radius 3 is 2.46 bits per heavy atom. The Morgan fingerprint density at radius 2 is 1.77 bits per heavy atom. The monoisotopic (exact) mass is 476 g/mol. The highest BCUT2D eigenvalue weighted by molar-refractivity contribution is 5.92. The molecule has 8 heteroatoms. The number of hydrogen-bond acceptors (Lipinski definition) is 4. The fraction of sp³-hybridized carbons (Fsp3) is 0.333. The first-order valence-corrected chi connectivity index (χ1v) is 11.7. The lowest BCUT2D eigenvalue weighted by molar-refractivity contribution is -0.134. The Hall–Kier alpha value is -3.78. The first kappa shape index (κ1) is 24.3. The van der Waals surface area contributed by atoms with Crippen molar-refractivity contribution < 1.29 is 19.1 Å². The fourth-order valence-electron chi connectivity index (χ4n) is 4.34. The SMILES string of the molecule is COCCN(CC(=O)N1CCn2cccc2C1c1ccc(C)cc1)C(=O)Nc1ccc(OC)cc1. The molecule has 35 heavy (non-hydrogen) atoms. The number of rotatable bonds is 8. The maximum Gasteiger partial charge on any atom is 0.322 e. The molecule has 0 bridgehead atoms. The number of methoxy groups -OCH3 is 2. The van der Waals surface area contributed by atoms with Gasteiger partial charge in [-0.1, -0.05) is 29.8 Å². The van der Waals surface area contributed by atoms with E-state index in [1.165, 1.54) is 10.5 Å². The summed E-state index contributed by atoms with van der Waals surface area (Å²) in [4.78, 5) is 30.1. The van der Waals surface area contributed by atoms with E-state index in [1.807, 2.05) is 24.1 Å². The zero-order valence-corrected chi connectivity index (χ0v) is 20.4. The molecule has 1 aliphatic rings. The fourth-order valence-corrected chi connectivity index (χ4v) is 4.34. The maximum absolute atomic E-state index is 13.6. The van der Waals surface area contributed by atoms with Gasteiger partial charge in [0.05, 0.1) is 19.8 Å². The standard InChI is InChI=1S/C27H32N4O4/c1-20-6-8-21(9-7-20)26-24-5-4-14-29(24)15-16-31(26)25(32)19-30(17-18-34-2)27(33)28-22-10-12-23(35-3)13-11-22/h4-14,26H,15-19H2,1-3H3,(H,28,33). The number of benzene rings is 2. The Morgan fingerprint density at radius 1 is 1.03 bits per heavy atom. The Labute approximate surface area is 206 Å². The predicted molar refractivity (Wildman–Crippen MR) is 135 cm³/mol. The van der Waals surface area contributed by atoms with E-state index in [9.17, 15) is 9.59 Å². The summed E-state index contributed by atoms with van der Waals surface area (Å²) in [5.41, 5.74) is 3.91. The number of hydrogen-bond donors (Lipinski definition) is 1. The van der Waals surface area contributed by atoms with Crippen molar-refractivity contribution in [1.82, 2.24) is 14.4 Å². The summed E-state index contributed by atoms with van der Waals surface area (Å²) in [7, 11) is 3.17. The van der Waals surface area contributed by atoms with Crippen molar-refractivity contribution in [2.45, 2.75) is 19.5 Å². The summed E-state index contributed by atoms with van der Waals surface area (Å²) in [6.45, 7) is 3.90. The summed E-state index contributed by atoms with van der Waals surface area (Å²) in [6, 6.07) is 18.8. The van der Waals surface area contributed by atoms with Gasteiger partial charge in [0.15, 0.2) is 0 Å². The molecule has 0 spiro atoms. The molecule has 1 aliphatic heterocycles. The van der Waals surface area contributed by atoms with Gasteiger partial charge in [0.2, 0.25) is 5.91 Å². The molecule has 1 N–H and O–H groups in total. The molecule has 4 rings (SSSR count). The van der Waals surface area contributed by atoms with E-state index in [0.29, 0.717) is 37.7 Å². The van der Waals surface area contributed by atoms with Crippen molar-refractivity contribution in [3.05, 3.63) is 83.7 Å². The number of amides is 3. The number of anilines is 1. The minimum Gasteiger partial charge on any atom is -0.497 e. The molecule has 0 saturated heterocycles. The van der Waals surface area contributed by atoms with E-state index in [1.54, 1.807) is 38.5 Å². The van der Waals surface area contributed by atoms with Crippen LogP contribution in [0.25, 0.3) is 0 Å². The number of urea groups is 1. The molecule has 2 heterocycles. The number of carbonyl (C=O) groups excluding carboxylic acids is 2. The van der Waals surface area contributed by atoms with Crippen LogP contribution in [0.4, 0.5) is 10.5 Å². The average Bonchev–Trinajstić information content (AvgIpc) is 3.36. The highest BCUT2D eigenvalue weighted by Crippen LogP contribution is 2.32. The summed E-state index contributed by atoms with van der Waals surface area (Å²) in [6.07, 6.45) is 2.05. The minimum atomic E-state index is -0.354. The zero-order valence-electron chi connectivity index (χ0n) is 20.4. The van der Waals surface area contributed by atoms with E-state index >= 15 is 0 Å². The number of ether oxygens (including phenoxy) is 2. The summed E-state index contributed by atoms with van der Waals surface area (Å²) in [5.74, 6) is 0.593. The van der Waals surface area contributed by atoms with Gasteiger partial charge in [-0.15, -0.1) is 0 Å². The van der Waals surface area contributed by atoms with Gasteiger partial charge in [0.25, 0.3) is 0 Å². The summed E-state index contributed by atoms with van der Waals surface area (Å²) in [5, 5.41) is 2.87. The highest BCUT2D eigenvalue weighted by atomic mass is 16.5. The first-order valence-electron chi connectivity index (χ1n) is 11.7. The number of fused-ring (bicyclic) bond motifs is 1. The predicted octanol–water partition coefficient (Wildman–Crippen LogP) is 3.92. The second-order valence-electron chi connectivity index (χ2n) is 8.60. The number of aromatic nitrogens is 1. The largest absolute Gasteiger partial charge is 0.497 e. The highest BCUT2D eigenvalue weighted by Gasteiger charge is 2.33. The minimum absolute atomic E-state index is 0.0472. The van der Waals surface area contributed by atoms with Crippen molar-refractivity contribution in [3.63, 3.8) is 0 Å². The van der Waals surface area contributed by atoms with Gasteiger partial charge in [-0.2, -0.15) is 0 Å². The lowest BCUT2D eigenvalue weighted by Gasteiger charge is -2.38. The van der Waals surface area contributed by atoms with E-state index in [4.69, 9.17) is 9.47 Å². The average molecular weight is 477 g/mol. The van der Waals surface area contributed by atoms with Crippen LogP contribution in [0.5, 0.6) is 5.75 Å². The number of nitrogens with one attached hydrogen (secondary N) is 1. The molecular formula is C27H32N4O4. The van der Waals surface area contributed by atoms with Crippen molar-refractivity contribution in [2.75, 3.05) is 45.8 Å². The molecule has 3 amide bonds. The number of aryl methyl sites for hydroxylation is 1. The molecular weight excluding hydrogens is 444 g/mol. The molecule has 8 nitrogen and oxygen atoms in total. The van der Waals surface area contributed by atoms with Crippen LogP contribution in [0.1, 0.15) is 22.9 Å². The van der Waals surface area contributed by atoms with Gasteiger partial charge >= 0.3 is 6.03 Å². The van der Waals surface area contributed by atoms with Crippen LogP contribution in [0.2, 0.25) is 0 Å². The molecule has 1 aromatic heterocycles. The van der Waals surface area contributed by atoms with Crippen molar-refractivity contribution in [3.8, 4) is 5.75 Å². The third-order valence-electron chi connectivity index (χ3n) is 6.27. The van der Waals surface area contributed by atoms with E-state index < -0.39 is 0 Å². The van der Waals surface area contributed by atoms with E-state index in [2.05, 4.69) is 40.2 Å². The van der Waals surface area contributed by atoms with Crippen LogP contribution >= 0.6 is 0 Å². The van der Waals surface area contributed by atoms with Gasteiger partial charge in [-0.3, -0.25) is 4.79 Å². The summed E-state index contributed by atoms with van der Waals surface area (Å²) >= 11 is 0. The van der Waals surface area contributed by atoms with Crippen LogP contribution in [0, 0.1) is 6.92 Å². The van der Waals surface area contributed by atoms with Crippen LogP contribution < -0.4 is 10.1 Å². The molecule has 1 atom stereocenters. The van der Waals surface area contributed by atoms with Crippen molar-refractivity contribution in [2.24, 2.45) is 0 Å². The Kier molecular flexibility index (Phi) is 7.72. The van der Waals surface area contributed by atoms with Gasteiger partial charge in [-0.25, -0.2) is 4.79 Å². The van der Waals surface area contributed by atoms with Crippen LogP contribution in [-0.4, -0.2) is 66.8 Å². The van der Waals surface area contributed by atoms with Crippen LogP contribution in [0.15, 0.2) is 66.9 Å². The molecule has 0 aliphatic carbocycles. The summed E-state index contributed by atoms with van der Waals surface area (Å²) < 4.78 is 12.6. The topological polar surface area (TPSA) is 76.0 Å². The second kappa shape index (κ2) is 11.1. The lowest BCUT2D eigenvalue weighted by atomic mass is 9.98. The molecule has 0 radical (unpaired) electrons. The number of nitrogens with zero attached hydrogens (tertiary/aromatic N) is 3. The zero-order chi connectivity index (χ0) is 24.8. The first-order chi connectivity index (χ1) is 17.0. The third-order valence-corrected chi connectivity index (χ3v) is 6.27. The molecule has 0 fully saturated rings. The van der Waals surface area contributed by atoms with Gasteiger partial charge in [0.1, 0.15) is 12.3 Å². The molecule has 2 aromatic carbocycles. The second-order valence-corrected chi connectivity index (χ2v) is 8.60. The van der Waals surface area contributed by atoms with E-state index in [-0.39, 0.29) is 24.5 Å². The van der Waals surface area contributed by atoms with Crippen LogP contribution in [0.3, 0.4) is 0 Å². The van der Waals surface area contributed by atoms with Gasteiger partial charge in [-0.05, 0) is 48.9 Å². The van der Waals surface area contributed by atoms with Crippen LogP contribution in [-0.2, 0) is 16.1 Å². The number of carbonyl (C=O) groups is 2. The van der Waals surface area contributed by atoms with Crippen molar-refractivity contribution in [1.29, 1.82) is 0 Å². The van der Waals surface area contributed by atoms with E-state index in [0.717, 1.165) is 11.3 Å². The Balaban J connectivity index is 1.53. The molecule has 1 unspecified atom stereocenters. The quantitative estimate of drug-likeness (QED) is 0.535. The Bertz CT molecular complexity index is 1140. The maximum atomic E-state index is 13.6. The lowest BCUT2D eigenvalue weighted by Crippen LogP contribution is -2.49. The molecule has 184 valence electrons. The van der Waals surface area contributed by atoms with Gasteiger partial charge in [0, 0.05) is 44.3 Å². The third kappa shape index (κ3) is 5.66. The van der Waals surface area contributed by atoms with Gasteiger partial charge < -0.3 is 29.2 Å². The smallest absolute Gasteiger partial charge is 0.322 e. The normalized spacial score (nSPS) is 14.8. The molecule has 3 aromatic rings. The van der Waals surface area contributed by atoms with Crippen molar-refractivity contribution >= 4 is 17.6 Å².